The van der Waals surface area contributed by atoms with Crippen LogP contribution in [0.25, 0.3) is 17.0 Å². The maximum atomic E-state index is 13.4. The van der Waals surface area contributed by atoms with Gasteiger partial charge in [-0.25, -0.2) is 13.8 Å². The van der Waals surface area contributed by atoms with E-state index in [9.17, 15) is 8.78 Å². The van der Waals surface area contributed by atoms with E-state index in [1.54, 1.807) is 17.8 Å². The van der Waals surface area contributed by atoms with E-state index in [0.717, 1.165) is 23.1 Å². The Morgan fingerprint density at radius 2 is 1.85 bits per heavy atom. The highest BCUT2D eigenvalue weighted by Gasteiger charge is 2.12. The van der Waals surface area contributed by atoms with Crippen LogP contribution in [-0.2, 0) is 6.42 Å². The summed E-state index contributed by atoms with van der Waals surface area (Å²) in [6, 6.07) is 12.8. The lowest BCUT2D eigenvalue weighted by Gasteiger charge is -2.05. The molecule has 4 aromatic rings. The maximum Gasteiger partial charge on any atom is 0.252 e. The van der Waals surface area contributed by atoms with Crippen molar-refractivity contribution in [2.45, 2.75) is 6.42 Å². The number of nitrogens with zero attached hydrogens (tertiary/aromatic N) is 4. The predicted octanol–water partition coefficient (Wildman–Crippen LogP) is 3.67. The number of benzene rings is 2. The molecule has 2 aromatic heterocycles. The van der Waals surface area contributed by atoms with Crippen molar-refractivity contribution in [2.24, 2.45) is 0 Å². The van der Waals surface area contributed by atoms with E-state index < -0.39 is 11.6 Å². The van der Waals surface area contributed by atoms with Crippen molar-refractivity contribution in [1.29, 1.82) is 0 Å². The van der Waals surface area contributed by atoms with Crippen molar-refractivity contribution >= 4 is 5.78 Å². The molecule has 0 radical (unpaired) electrons. The van der Waals surface area contributed by atoms with Gasteiger partial charge in [0.25, 0.3) is 5.78 Å². The summed E-state index contributed by atoms with van der Waals surface area (Å²) in [6.45, 7) is 0. The molecule has 0 bridgehead atoms. The number of methoxy groups -OCH3 is 1. The fraction of sp³-hybridized carbons (Fsp3) is 0.105. The quantitative estimate of drug-likeness (QED) is 0.562. The Hall–Kier alpha value is -3.35. The minimum Gasteiger partial charge on any atom is -0.497 e. The minimum atomic E-state index is -0.626. The highest BCUT2D eigenvalue weighted by molar-refractivity contribution is 5.63. The van der Waals surface area contributed by atoms with Crippen molar-refractivity contribution in [2.75, 3.05) is 7.11 Å². The predicted molar refractivity (Wildman–Crippen MR) is 91.9 cm³/mol. The second-order valence-corrected chi connectivity index (χ2v) is 5.76. The number of hydrogen-bond donors (Lipinski definition) is 0. The second-order valence-electron chi connectivity index (χ2n) is 5.76. The summed E-state index contributed by atoms with van der Waals surface area (Å²) in [5.41, 5.74) is 2.14. The van der Waals surface area contributed by atoms with Crippen molar-refractivity contribution in [3.05, 3.63) is 77.8 Å². The molecule has 0 spiro atoms. The average molecular weight is 352 g/mol. The van der Waals surface area contributed by atoms with Gasteiger partial charge in [-0.15, -0.1) is 5.10 Å². The average Bonchev–Trinajstić information content (AvgIpc) is 3.03. The normalized spacial score (nSPS) is 11.0. The van der Waals surface area contributed by atoms with Gasteiger partial charge in [-0.1, -0.05) is 12.1 Å². The minimum absolute atomic E-state index is 0.204. The van der Waals surface area contributed by atoms with E-state index in [4.69, 9.17) is 4.74 Å². The van der Waals surface area contributed by atoms with Crippen LogP contribution < -0.4 is 4.74 Å². The number of halogens is 2. The molecule has 0 N–H and O–H groups in total. The molecule has 0 fully saturated rings. The van der Waals surface area contributed by atoms with E-state index >= 15 is 0 Å². The molecule has 0 saturated heterocycles. The van der Waals surface area contributed by atoms with Gasteiger partial charge in [0.15, 0.2) is 5.82 Å². The standard InChI is InChI=1S/C19H14F2N4O/c1-26-16-4-2-3-13(10-16)17-5-6-22-19-23-18(24-25(17)19)9-12-7-14(20)11-15(21)8-12/h2-8,10-11H,9H2,1H3. The lowest BCUT2D eigenvalue weighted by molar-refractivity contribution is 0.415. The molecule has 0 saturated carbocycles. The fourth-order valence-corrected chi connectivity index (χ4v) is 2.81. The van der Waals surface area contributed by atoms with Crippen LogP contribution in [0.3, 0.4) is 0 Å². The largest absolute Gasteiger partial charge is 0.497 e. The van der Waals surface area contributed by atoms with E-state index in [1.165, 1.54) is 12.1 Å². The first-order valence-electron chi connectivity index (χ1n) is 7.92. The summed E-state index contributed by atoms with van der Waals surface area (Å²) in [7, 11) is 1.60. The Morgan fingerprint density at radius 3 is 2.62 bits per heavy atom. The molecule has 0 atom stereocenters. The molecule has 0 amide bonds. The molecule has 2 heterocycles. The third-order valence-corrected chi connectivity index (χ3v) is 3.93. The van der Waals surface area contributed by atoms with Crippen molar-refractivity contribution in [3.8, 4) is 17.0 Å². The monoisotopic (exact) mass is 352 g/mol. The number of rotatable bonds is 4. The zero-order chi connectivity index (χ0) is 18.1. The third-order valence-electron chi connectivity index (χ3n) is 3.93. The van der Waals surface area contributed by atoms with Crippen LogP contribution in [-0.4, -0.2) is 26.7 Å². The fourth-order valence-electron chi connectivity index (χ4n) is 2.81. The first kappa shape index (κ1) is 16.1. The molecule has 26 heavy (non-hydrogen) atoms. The van der Waals surface area contributed by atoms with Gasteiger partial charge in [0.05, 0.1) is 12.8 Å². The molecule has 7 heteroatoms. The first-order valence-corrected chi connectivity index (χ1v) is 7.92. The van der Waals surface area contributed by atoms with Gasteiger partial charge < -0.3 is 4.74 Å². The Balaban J connectivity index is 1.75. The van der Waals surface area contributed by atoms with E-state index in [1.807, 2.05) is 30.3 Å². The first-order chi connectivity index (χ1) is 12.6. The second kappa shape index (κ2) is 6.51. The lowest BCUT2D eigenvalue weighted by Crippen LogP contribution is -1.97. The van der Waals surface area contributed by atoms with E-state index in [-0.39, 0.29) is 6.42 Å². The summed E-state index contributed by atoms with van der Waals surface area (Å²) in [4.78, 5) is 8.58. The number of ether oxygens (including phenoxy) is 1. The molecule has 0 unspecified atom stereocenters. The Kier molecular flexibility index (Phi) is 4.04. The Morgan fingerprint density at radius 1 is 1.04 bits per heavy atom. The van der Waals surface area contributed by atoms with Crippen LogP contribution in [0.4, 0.5) is 8.78 Å². The van der Waals surface area contributed by atoms with E-state index in [2.05, 4.69) is 15.1 Å². The van der Waals surface area contributed by atoms with Crippen LogP contribution in [0.15, 0.2) is 54.7 Å². The highest BCUT2D eigenvalue weighted by Crippen LogP contribution is 2.23. The van der Waals surface area contributed by atoms with Crippen LogP contribution in [0.1, 0.15) is 11.4 Å². The molecule has 0 aliphatic rings. The molecule has 130 valence electrons. The summed E-state index contributed by atoms with van der Waals surface area (Å²) >= 11 is 0. The highest BCUT2D eigenvalue weighted by atomic mass is 19.1. The van der Waals surface area contributed by atoms with Crippen molar-refractivity contribution < 1.29 is 13.5 Å². The van der Waals surface area contributed by atoms with Gasteiger partial charge in [0.2, 0.25) is 0 Å². The van der Waals surface area contributed by atoms with Gasteiger partial charge in [0.1, 0.15) is 17.4 Å². The molecule has 0 aliphatic carbocycles. The molecule has 2 aromatic carbocycles. The Labute approximate surface area is 147 Å². The Bertz CT molecular complexity index is 1070. The SMILES string of the molecule is COc1cccc(-c2ccnc3nc(Cc4cc(F)cc(F)c4)nn23)c1. The lowest BCUT2D eigenvalue weighted by atomic mass is 10.1. The van der Waals surface area contributed by atoms with Gasteiger partial charge in [-0.05, 0) is 35.9 Å². The van der Waals surface area contributed by atoms with Gasteiger partial charge in [-0.3, -0.25) is 0 Å². The third kappa shape index (κ3) is 3.11. The van der Waals surface area contributed by atoms with Crippen LogP contribution >= 0.6 is 0 Å². The van der Waals surface area contributed by atoms with Gasteiger partial charge in [0, 0.05) is 24.2 Å². The van der Waals surface area contributed by atoms with E-state index in [0.29, 0.717) is 17.2 Å². The number of fused-ring (bicyclic) bond motifs is 1. The van der Waals surface area contributed by atoms with Crippen molar-refractivity contribution in [3.63, 3.8) is 0 Å². The van der Waals surface area contributed by atoms with Gasteiger partial charge >= 0.3 is 0 Å². The summed E-state index contributed by atoms with van der Waals surface area (Å²) in [6.07, 6.45) is 1.85. The van der Waals surface area contributed by atoms with Crippen LogP contribution in [0.5, 0.6) is 5.75 Å². The summed E-state index contributed by atoms with van der Waals surface area (Å²) in [5, 5.41) is 4.46. The zero-order valence-corrected chi connectivity index (χ0v) is 13.9. The summed E-state index contributed by atoms with van der Waals surface area (Å²) in [5.74, 6) is 0.316. The van der Waals surface area contributed by atoms with Crippen LogP contribution in [0, 0.1) is 11.6 Å². The van der Waals surface area contributed by atoms with Gasteiger partial charge in [-0.2, -0.15) is 9.50 Å². The maximum absolute atomic E-state index is 13.4. The smallest absolute Gasteiger partial charge is 0.252 e. The molecular formula is C19H14F2N4O. The topological polar surface area (TPSA) is 52.3 Å². The molecule has 5 nitrogen and oxygen atoms in total. The molecular weight excluding hydrogens is 338 g/mol. The molecule has 0 aliphatic heterocycles. The number of aromatic nitrogens is 4. The zero-order valence-electron chi connectivity index (χ0n) is 13.9. The van der Waals surface area contributed by atoms with Crippen LogP contribution in [0.2, 0.25) is 0 Å². The molecule has 4 rings (SSSR count). The van der Waals surface area contributed by atoms with Crippen molar-refractivity contribution in [1.82, 2.24) is 19.6 Å². The summed E-state index contributed by atoms with van der Waals surface area (Å²) < 4.78 is 33.6. The number of hydrogen-bond acceptors (Lipinski definition) is 4.